The van der Waals surface area contributed by atoms with Gasteiger partial charge in [0.05, 0.1) is 11.8 Å². The predicted octanol–water partition coefficient (Wildman–Crippen LogP) is 6.43. The van der Waals surface area contributed by atoms with Gasteiger partial charge in [0.2, 0.25) is 0 Å². The number of nitrogens with zero attached hydrogens (tertiary/aromatic N) is 2. The van der Waals surface area contributed by atoms with E-state index >= 15 is 0 Å². The lowest BCUT2D eigenvalue weighted by molar-refractivity contribution is 0.0997. The van der Waals surface area contributed by atoms with Gasteiger partial charge in [-0.25, -0.2) is 4.98 Å². The molecule has 1 N–H and O–H groups in total. The molecule has 1 aliphatic heterocycles. The third-order valence-corrected chi connectivity index (χ3v) is 6.33. The molecule has 5 rings (SSSR count). The van der Waals surface area contributed by atoms with Crippen molar-refractivity contribution in [1.82, 2.24) is 4.98 Å². The van der Waals surface area contributed by atoms with Crippen LogP contribution in [0.1, 0.15) is 28.0 Å². The number of nitrogens with one attached hydrogen (secondary N) is 1. The minimum absolute atomic E-state index is 0.196. The molecule has 1 amide bonds. The maximum absolute atomic E-state index is 12.7. The molecule has 166 valence electrons. The van der Waals surface area contributed by atoms with Crippen LogP contribution >= 0.6 is 11.3 Å². The van der Waals surface area contributed by atoms with Crippen molar-refractivity contribution in [3.63, 3.8) is 0 Å². The zero-order valence-corrected chi connectivity index (χ0v) is 19.0. The van der Waals surface area contributed by atoms with Gasteiger partial charge in [-0.05, 0) is 42.8 Å². The Labute approximate surface area is 200 Å². The van der Waals surface area contributed by atoms with Crippen LogP contribution in [0.25, 0.3) is 22.9 Å². The molecular formula is C27H19N3O3S. The first-order valence-corrected chi connectivity index (χ1v) is 11.4. The van der Waals surface area contributed by atoms with Crippen LogP contribution in [0.2, 0.25) is 0 Å². The molecule has 0 saturated carbocycles. The van der Waals surface area contributed by atoms with Gasteiger partial charge in [-0.3, -0.25) is 4.79 Å². The normalized spacial score (nSPS) is 15.0. The number of furan rings is 1. The number of carbonyl (C=O) groups is 1. The number of hydrogen-bond acceptors (Lipinski definition) is 6. The number of para-hydroxylation sites is 1. The lowest BCUT2D eigenvalue weighted by Crippen LogP contribution is -2.17. The van der Waals surface area contributed by atoms with Crippen molar-refractivity contribution < 1.29 is 13.9 Å². The quantitative estimate of drug-likeness (QED) is 0.343. The average molecular weight is 466 g/mol. The van der Waals surface area contributed by atoms with Gasteiger partial charge in [0.15, 0.2) is 5.76 Å². The summed E-state index contributed by atoms with van der Waals surface area (Å²) >= 11 is 1.24. The minimum atomic E-state index is -0.381. The van der Waals surface area contributed by atoms with Gasteiger partial charge in [0, 0.05) is 11.1 Å². The van der Waals surface area contributed by atoms with Crippen LogP contribution in [0.5, 0.6) is 5.75 Å². The average Bonchev–Trinajstić information content (AvgIpc) is 3.54. The number of aromatic nitrogens is 1. The fourth-order valence-electron chi connectivity index (χ4n) is 3.61. The fraction of sp³-hybridized carbons (Fsp3) is 0.0741. The Bertz CT molecular complexity index is 1440. The molecule has 34 heavy (non-hydrogen) atoms. The number of carbonyl (C=O) groups excluding carboxylic acids is 1. The molecule has 0 aliphatic carbocycles. The second-order valence-corrected chi connectivity index (χ2v) is 8.61. The summed E-state index contributed by atoms with van der Waals surface area (Å²) < 4.78 is 11.2. The summed E-state index contributed by atoms with van der Waals surface area (Å²) in [6, 6.07) is 22.8. The third-order valence-electron chi connectivity index (χ3n) is 5.32. The first kappa shape index (κ1) is 21.4. The Morgan fingerprint density at radius 3 is 2.68 bits per heavy atom. The summed E-state index contributed by atoms with van der Waals surface area (Å²) in [5, 5.41) is 13.9. The van der Waals surface area contributed by atoms with Crippen molar-refractivity contribution >= 4 is 33.9 Å². The van der Waals surface area contributed by atoms with E-state index < -0.39 is 0 Å². The van der Waals surface area contributed by atoms with Crippen molar-refractivity contribution in [3.8, 4) is 23.1 Å². The lowest BCUT2D eigenvalue weighted by Gasteiger charge is -2.22. The summed E-state index contributed by atoms with van der Waals surface area (Å²) in [5.41, 5.74) is 3.64. The second kappa shape index (κ2) is 9.22. The van der Waals surface area contributed by atoms with E-state index in [1.54, 1.807) is 18.2 Å². The van der Waals surface area contributed by atoms with E-state index in [-0.39, 0.29) is 17.8 Å². The Morgan fingerprint density at radius 1 is 1.12 bits per heavy atom. The Balaban J connectivity index is 1.55. The fourth-order valence-corrected chi connectivity index (χ4v) is 4.56. The summed E-state index contributed by atoms with van der Waals surface area (Å²) in [6.45, 7) is 1.94. The van der Waals surface area contributed by atoms with Crippen molar-refractivity contribution in [1.29, 1.82) is 5.26 Å². The molecule has 2 aromatic carbocycles. The molecule has 0 fully saturated rings. The number of benzene rings is 2. The number of amides is 1. The first-order chi connectivity index (χ1) is 16.6. The smallest absolute Gasteiger partial charge is 0.292 e. The van der Waals surface area contributed by atoms with E-state index in [1.807, 2.05) is 67.6 Å². The molecule has 1 atom stereocenters. The number of nitriles is 1. The van der Waals surface area contributed by atoms with Crippen LogP contribution in [-0.4, -0.2) is 17.0 Å². The van der Waals surface area contributed by atoms with E-state index in [0.717, 1.165) is 22.4 Å². The van der Waals surface area contributed by atoms with Gasteiger partial charge in [0.1, 0.15) is 33.6 Å². The molecule has 0 saturated heterocycles. The topological polar surface area (TPSA) is 88.1 Å². The number of fused-ring (bicyclic) bond motifs is 1. The number of thiazole rings is 1. The van der Waals surface area contributed by atoms with Crippen molar-refractivity contribution in [2.24, 2.45) is 0 Å². The second-order valence-electron chi connectivity index (χ2n) is 7.61. The van der Waals surface area contributed by atoms with Crippen LogP contribution < -0.4 is 10.1 Å². The summed E-state index contributed by atoms with van der Waals surface area (Å²) in [5.74, 6) is 0.629. The molecule has 0 spiro atoms. The minimum Gasteiger partial charge on any atom is -0.485 e. The molecule has 2 aromatic heterocycles. The van der Waals surface area contributed by atoms with E-state index in [9.17, 15) is 10.1 Å². The number of ether oxygens (including phenoxy) is 1. The van der Waals surface area contributed by atoms with Gasteiger partial charge >= 0.3 is 0 Å². The SMILES string of the molecule is CC1Oc2ccccc2C=C1C=C(C#N)c1nc(-c2ccccc2)c(NC(=O)c2ccco2)s1. The van der Waals surface area contributed by atoms with Crippen LogP contribution in [0.15, 0.2) is 89.1 Å². The largest absolute Gasteiger partial charge is 0.485 e. The van der Waals surface area contributed by atoms with Crippen LogP contribution in [0.4, 0.5) is 5.00 Å². The van der Waals surface area contributed by atoms with Gasteiger partial charge < -0.3 is 14.5 Å². The molecule has 7 heteroatoms. The number of hydrogen-bond donors (Lipinski definition) is 1. The molecule has 0 bridgehead atoms. The molecule has 4 aromatic rings. The maximum atomic E-state index is 12.7. The predicted molar refractivity (Wildman–Crippen MR) is 132 cm³/mol. The van der Waals surface area contributed by atoms with E-state index in [4.69, 9.17) is 14.1 Å². The molecule has 3 heterocycles. The maximum Gasteiger partial charge on any atom is 0.292 e. The number of rotatable bonds is 5. The molecule has 1 unspecified atom stereocenters. The van der Waals surface area contributed by atoms with E-state index in [1.165, 1.54) is 17.6 Å². The van der Waals surface area contributed by atoms with Crippen molar-refractivity contribution in [2.75, 3.05) is 5.32 Å². The van der Waals surface area contributed by atoms with Gasteiger partial charge in [-0.15, -0.1) is 0 Å². The zero-order chi connectivity index (χ0) is 23.5. The molecule has 6 nitrogen and oxygen atoms in total. The third kappa shape index (κ3) is 4.27. The lowest BCUT2D eigenvalue weighted by atomic mass is 10.0. The van der Waals surface area contributed by atoms with Gasteiger partial charge in [-0.1, -0.05) is 59.9 Å². The Morgan fingerprint density at radius 2 is 1.91 bits per heavy atom. The number of allylic oxidation sites excluding steroid dienone is 1. The van der Waals surface area contributed by atoms with Crippen molar-refractivity contribution in [3.05, 3.63) is 101 Å². The van der Waals surface area contributed by atoms with Crippen LogP contribution in [0, 0.1) is 11.3 Å². The highest BCUT2D eigenvalue weighted by molar-refractivity contribution is 7.17. The van der Waals surface area contributed by atoms with Crippen molar-refractivity contribution in [2.45, 2.75) is 13.0 Å². The summed E-state index contributed by atoms with van der Waals surface area (Å²) in [4.78, 5) is 17.4. The molecule has 1 aliphatic rings. The number of anilines is 1. The molecular weight excluding hydrogens is 446 g/mol. The van der Waals surface area contributed by atoms with E-state index in [0.29, 0.717) is 21.3 Å². The monoisotopic (exact) mass is 465 g/mol. The highest BCUT2D eigenvalue weighted by Crippen LogP contribution is 2.37. The van der Waals surface area contributed by atoms with Crippen LogP contribution in [0.3, 0.4) is 0 Å². The highest BCUT2D eigenvalue weighted by atomic mass is 32.1. The molecule has 0 radical (unpaired) electrons. The zero-order valence-electron chi connectivity index (χ0n) is 18.2. The Hall–Kier alpha value is -4.41. The standard InChI is InChI=1S/C27H19N3O3S/c1-17-20(14-19-10-5-6-11-22(19)33-17)15-21(16-28)26-29-24(18-8-3-2-4-9-18)27(34-26)30-25(31)23-12-7-13-32-23/h2-15,17H,1H3,(H,30,31). The van der Waals surface area contributed by atoms with Gasteiger partial charge in [0.25, 0.3) is 5.91 Å². The van der Waals surface area contributed by atoms with E-state index in [2.05, 4.69) is 11.4 Å². The highest BCUT2D eigenvalue weighted by Gasteiger charge is 2.22. The van der Waals surface area contributed by atoms with Crippen LogP contribution in [-0.2, 0) is 0 Å². The summed E-state index contributed by atoms with van der Waals surface area (Å²) in [7, 11) is 0. The first-order valence-electron chi connectivity index (χ1n) is 10.6. The van der Waals surface area contributed by atoms with Gasteiger partial charge in [-0.2, -0.15) is 5.26 Å². The summed E-state index contributed by atoms with van der Waals surface area (Å²) in [6.07, 6.45) is 5.05. The Kier molecular flexibility index (Phi) is 5.81.